The van der Waals surface area contributed by atoms with Gasteiger partial charge in [0, 0.05) is 17.9 Å². The molecule has 1 aromatic carbocycles. The molecule has 5 rings (SSSR count). The van der Waals surface area contributed by atoms with Gasteiger partial charge in [-0.05, 0) is 37.0 Å². The number of hydrogen-bond donors (Lipinski definition) is 1. The van der Waals surface area contributed by atoms with E-state index in [4.69, 9.17) is 10.5 Å². The molecule has 2 N–H and O–H groups in total. The van der Waals surface area contributed by atoms with Crippen molar-refractivity contribution < 1.29 is 18.3 Å². The zero-order chi connectivity index (χ0) is 23.7. The highest BCUT2D eigenvalue weighted by Gasteiger charge is 2.51. The van der Waals surface area contributed by atoms with Crippen LogP contribution in [-0.4, -0.2) is 49.3 Å². The number of hydrogen-bond acceptors (Lipinski definition) is 8. The predicted molar refractivity (Wildman–Crippen MR) is 117 cm³/mol. The van der Waals surface area contributed by atoms with Gasteiger partial charge in [0.1, 0.15) is 42.5 Å². The van der Waals surface area contributed by atoms with Gasteiger partial charge < -0.3 is 10.5 Å². The lowest BCUT2D eigenvalue weighted by atomic mass is 9.69. The first-order valence-electron chi connectivity index (χ1n) is 11.1. The van der Waals surface area contributed by atoms with E-state index in [9.17, 15) is 9.18 Å². The van der Waals surface area contributed by atoms with Crippen molar-refractivity contribution in [1.29, 1.82) is 0 Å². The third kappa shape index (κ3) is 3.91. The average molecular weight is 467 g/mol. The van der Waals surface area contributed by atoms with Crippen LogP contribution >= 0.6 is 0 Å². The molecule has 1 saturated carbocycles. The molecule has 11 heteroatoms. The highest BCUT2D eigenvalue weighted by Crippen LogP contribution is 2.47. The number of benzene rings is 1. The summed E-state index contributed by atoms with van der Waals surface area (Å²) < 4.78 is 36.8. The number of nitrogens with zero attached hydrogens (tertiary/aromatic N) is 6. The van der Waals surface area contributed by atoms with E-state index in [2.05, 4.69) is 25.0 Å². The quantitative estimate of drug-likeness (QED) is 0.553. The van der Waals surface area contributed by atoms with Crippen molar-refractivity contribution >= 4 is 11.8 Å². The van der Waals surface area contributed by atoms with Crippen molar-refractivity contribution in [2.45, 2.75) is 43.7 Å². The van der Waals surface area contributed by atoms with Crippen LogP contribution in [-0.2, 0) is 16.7 Å². The van der Waals surface area contributed by atoms with E-state index < -0.39 is 18.0 Å². The van der Waals surface area contributed by atoms with E-state index in [1.165, 1.54) is 47.9 Å². The van der Waals surface area contributed by atoms with Gasteiger partial charge in [0.05, 0.1) is 12.4 Å². The molecule has 3 unspecified atom stereocenters. The second-order valence-corrected chi connectivity index (χ2v) is 8.57. The molecule has 3 aromatic rings. The fourth-order valence-corrected chi connectivity index (χ4v) is 4.91. The number of rotatable bonds is 6. The molecule has 9 nitrogen and oxygen atoms in total. The van der Waals surface area contributed by atoms with Gasteiger partial charge in [-0.15, -0.1) is 0 Å². The predicted octanol–water partition coefficient (Wildman–Crippen LogP) is 2.69. The molecular formula is C23H23F2N7O2. The molecule has 2 aliphatic rings. The molecule has 0 spiro atoms. The van der Waals surface area contributed by atoms with E-state index >= 15 is 4.39 Å². The molecule has 0 saturated heterocycles. The standard InChI is InChI=1S/C23H23F2N7O2/c24-11-23(15-3-1-2-4-20(15)34-22(26)31-23)16-7-14(5-6-17(16)25)8-19(33)18-9-29-21(10-28-18)32-13-27-12-30-32/h5-7,9-10,12-13,15,20H,1-4,8,11H2,(H2,26,31). The maximum absolute atomic E-state index is 15.1. The third-order valence-electron chi connectivity index (χ3n) is 6.54. The maximum Gasteiger partial charge on any atom is 0.283 e. The first kappa shape index (κ1) is 22.1. The number of carbonyl (C=O) groups excluding carboxylic acids is 1. The Balaban J connectivity index is 1.43. The summed E-state index contributed by atoms with van der Waals surface area (Å²) in [6.07, 6.45) is 8.41. The number of carbonyl (C=O) groups is 1. The van der Waals surface area contributed by atoms with Crippen LogP contribution in [0.25, 0.3) is 5.82 Å². The van der Waals surface area contributed by atoms with Crippen LogP contribution < -0.4 is 5.73 Å². The summed E-state index contributed by atoms with van der Waals surface area (Å²) in [7, 11) is 0. The molecule has 1 fully saturated rings. The highest BCUT2D eigenvalue weighted by atomic mass is 19.1. The van der Waals surface area contributed by atoms with Crippen molar-refractivity contribution in [2.24, 2.45) is 16.6 Å². The first-order chi connectivity index (χ1) is 16.5. The summed E-state index contributed by atoms with van der Waals surface area (Å²) in [5, 5.41) is 3.96. The molecule has 3 atom stereocenters. The second-order valence-electron chi connectivity index (χ2n) is 8.57. The van der Waals surface area contributed by atoms with Crippen LogP contribution in [0.3, 0.4) is 0 Å². The van der Waals surface area contributed by atoms with Crippen LogP contribution in [0.2, 0.25) is 0 Å². The summed E-state index contributed by atoms with van der Waals surface area (Å²) in [5.41, 5.74) is 5.17. The summed E-state index contributed by atoms with van der Waals surface area (Å²) >= 11 is 0. The van der Waals surface area contributed by atoms with Gasteiger partial charge in [-0.3, -0.25) is 4.79 Å². The van der Waals surface area contributed by atoms with Crippen LogP contribution in [0, 0.1) is 11.7 Å². The zero-order valence-electron chi connectivity index (χ0n) is 18.3. The molecule has 2 aromatic heterocycles. The minimum Gasteiger partial charge on any atom is -0.462 e. The Kier molecular flexibility index (Phi) is 5.76. The molecule has 1 aliphatic heterocycles. The van der Waals surface area contributed by atoms with Gasteiger partial charge >= 0.3 is 0 Å². The first-order valence-corrected chi connectivity index (χ1v) is 11.1. The molecule has 3 heterocycles. The van der Waals surface area contributed by atoms with Crippen molar-refractivity contribution in [3.63, 3.8) is 0 Å². The summed E-state index contributed by atoms with van der Waals surface area (Å²) in [6, 6.07) is 4.13. The smallest absolute Gasteiger partial charge is 0.283 e. The molecule has 34 heavy (non-hydrogen) atoms. The van der Waals surface area contributed by atoms with Crippen LogP contribution in [0.1, 0.15) is 47.3 Å². The topological polar surface area (TPSA) is 121 Å². The lowest BCUT2D eigenvalue weighted by molar-refractivity contribution is -0.00110. The number of aromatic nitrogens is 5. The number of halogens is 2. The minimum absolute atomic E-state index is 0.0587. The Bertz CT molecular complexity index is 1220. The van der Waals surface area contributed by atoms with E-state index in [0.717, 1.165) is 12.8 Å². The van der Waals surface area contributed by atoms with Gasteiger partial charge in [-0.25, -0.2) is 33.4 Å². The Hall–Kier alpha value is -3.76. The fraction of sp³-hybridized carbons (Fsp3) is 0.391. The largest absolute Gasteiger partial charge is 0.462 e. The SMILES string of the molecule is NC1=NC(CF)(c2cc(CC(=O)c3cnc(-n4cncn4)cn3)ccc2F)C2CCCCC2O1. The van der Waals surface area contributed by atoms with Crippen LogP contribution in [0.5, 0.6) is 0 Å². The van der Waals surface area contributed by atoms with Crippen molar-refractivity contribution in [2.75, 3.05) is 6.67 Å². The van der Waals surface area contributed by atoms with Crippen molar-refractivity contribution in [1.82, 2.24) is 24.7 Å². The molecule has 176 valence electrons. The number of nitrogens with two attached hydrogens (primary N) is 1. The Morgan fingerprint density at radius 2 is 2.09 bits per heavy atom. The number of fused-ring (bicyclic) bond motifs is 1. The molecule has 0 amide bonds. The van der Waals surface area contributed by atoms with Crippen LogP contribution in [0.15, 0.2) is 48.2 Å². The van der Waals surface area contributed by atoms with Gasteiger partial charge in [-0.1, -0.05) is 12.5 Å². The number of ether oxygens (including phenoxy) is 1. The Labute approximate surface area is 194 Å². The number of ketones is 1. The number of amidine groups is 1. The summed E-state index contributed by atoms with van der Waals surface area (Å²) in [6.45, 7) is -0.915. The highest BCUT2D eigenvalue weighted by molar-refractivity contribution is 5.95. The minimum atomic E-state index is -1.48. The lowest BCUT2D eigenvalue weighted by Crippen LogP contribution is -2.52. The van der Waals surface area contributed by atoms with E-state index in [0.29, 0.717) is 24.2 Å². The monoisotopic (exact) mass is 467 g/mol. The molecular weight excluding hydrogens is 444 g/mol. The average Bonchev–Trinajstić information content (AvgIpc) is 3.40. The second kappa shape index (κ2) is 8.88. The van der Waals surface area contributed by atoms with E-state index in [1.54, 1.807) is 0 Å². The van der Waals surface area contributed by atoms with Gasteiger partial charge in [0.2, 0.25) is 0 Å². The Morgan fingerprint density at radius 1 is 1.24 bits per heavy atom. The number of alkyl halides is 1. The maximum atomic E-state index is 15.1. The molecule has 0 radical (unpaired) electrons. The van der Waals surface area contributed by atoms with Crippen molar-refractivity contribution in [3.8, 4) is 5.82 Å². The normalized spacial score (nSPS) is 24.1. The molecule has 0 bridgehead atoms. The van der Waals surface area contributed by atoms with E-state index in [-0.39, 0.29) is 41.5 Å². The van der Waals surface area contributed by atoms with Crippen LogP contribution in [0.4, 0.5) is 8.78 Å². The number of Topliss-reactive ketones (excluding diaryl/α,β-unsaturated/α-hetero) is 1. The lowest BCUT2D eigenvalue weighted by Gasteiger charge is -2.45. The van der Waals surface area contributed by atoms with E-state index in [1.807, 2.05) is 0 Å². The third-order valence-corrected chi connectivity index (χ3v) is 6.54. The van der Waals surface area contributed by atoms with Crippen molar-refractivity contribution in [3.05, 3.63) is 65.9 Å². The van der Waals surface area contributed by atoms with Gasteiger partial charge in [-0.2, -0.15) is 5.10 Å². The van der Waals surface area contributed by atoms with Gasteiger partial charge in [0.15, 0.2) is 11.6 Å². The summed E-state index contributed by atoms with van der Waals surface area (Å²) in [5.74, 6) is -0.821. The fourth-order valence-electron chi connectivity index (χ4n) is 4.91. The van der Waals surface area contributed by atoms with Gasteiger partial charge in [0.25, 0.3) is 6.02 Å². The number of aliphatic imine (C=N–C) groups is 1. The molecule has 1 aliphatic carbocycles. The summed E-state index contributed by atoms with van der Waals surface area (Å²) in [4.78, 5) is 29.3. The zero-order valence-corrected chi connectivity index (χ0v) is 18.3. The Morgan fingerprint density at radius 3 is 2.82 bits per heavy atom.